The maximum absolute atomic E-state index is 6.01. The van der Waals surface area contributed by atoms with E-state index in [9.17, 15) is 0 Å². The maximum atomic E-state index is 6.01. The molecule has 0 heterocycles. The summed E-state index contributed by atoms with van der Waals surface area (Å²) in [5.41, 5.74) is 3.55. The second-order valence-corrected chi connectivity index (χ2v) is 7.57. The van der Waals surface area contributed by atoms with Crippen molar-refractivity contribution in [2.24, 2.45) is 0 Å². The Balaban J connectivity index is 0.00000364. The summed E-state index contributed by atoms with van der Waals surface area (Å²) in [6, 6.07) is 12.5. The molecule has 0 saturated heterocycles. The molecule has 0 unspecified atom stereocenters. The first kappa shape index (κ1) is 27.0. The van der Waals surface area contributed by atoms with Crippen molar-refractivity contribution in [1.29, 1.82) is 0 Å². The summed E-state index contributed by atoms with van der Waals surface area (Å²) in [7, 11) is 5.86. The van der Waals surface area contributed by atoms with E-state index in [4.69, 9.17) is 9.47 Å². The Morgan fingerprint density at radius 2 is 1.71 bits per heavy atom. The lowest BCUT2D eigenvalue weighted by Crippen LogP contribution is -2.21. The topological polar surface area (TPSA) is 33.7 Å². The van der Waals surface area contributed by atoms with Gasteiger partial charge in [0.05, 0.1) is 11.6 Å². The highest BCUT2D eigenvalue weighted by Crippen LogP contribution is 2.37. The molecule has 0 amide bonds. The molecular formula is C21H31BrCl2N2O2. The van der Waals surface area contributed by atoms with E-state index >= 15 is 0 Å². The Labute approximate surface area is 189 Å². The Hall–Kier alpha value is -0.980. The van der Waals surface area contributed by atoms with Crippen LogP contribution in [-0.2, 0) is 13.2 Å². The fourth-order valence-electron chi connectivity index (χ4n) is 2.61. The van der Waals surface area contributed by atoms with Gasteiger partial charge in [0.1, 0.15) is 6.61 Å². The zero-order valence-corrected chi connectivity index (χ0v) is 20.2. The number of hydrogen-bond donors (Lipinski definition) is 1. The summed E-state index contributed by atoms with van der Waals surface area (Å²) in [5.74, 6) is 1.49. The van der Waals surface area contributed by atoms with Gasteiger partial charge in [0.2, 0.25) is 0 Å². The molecule has 0 aliphatic carbocycles. The molecular weight excluding hydrogens is 463 g/mol. The van der Waals surface area contributed by atoms with E-state index in [1.807, 2.05) is 6.07 Å². The van der Waals surface area contributed by atoms with Gasteiger partial charge < -0.3 is 19.7 Å². The number of aryl methyl sites for hydroxylation is 1. The van der Waals surface area contributed by atoms with Gasteiger partial charge in [-0.1, -0.05) is 29.8 Å². The summed E-state index contributed by atoms with van der Waals surface area (Å²) in [6.07, 6.45) is 1.13. The first-order valence-electron chi connectivity index (χ1n) is 8.90. The minimum atomic E-state index is 0. The highest BCUT2D eigenvalue weighted by molar-refractivity contribution is 9.10. The molecule has 4 nitrogen and oxygen atoms in total. The van der Waals surface area contributed by atoms with Crippen LogP contribution in [0.3, 0.4) is 0 Å². The summed E-state index contributed by atoms with van der Waals surface area (Å²) < 4.78 is 12.5. The molecule has 0 atom stereocenters. The lowest BCUT2D eigenvalue weighted by molar-refractivity contribution is 0.282. The number of benzene rings is 2. The van der Waals surface area contributed by atoms with Crippen molar-refractivity contribution in [3.8, 4) is 11.5 Å². The average molecular weight is 494 g/mol. The largest absolute Gasteiger partial charge is 0.493 e. The first-order valence-corrected chi connectivity index (χ1v) is 9.69. The van der Waals surface area contributed by atoms with Gasteiger partial charge in [0.15, 0.2) is 11.5 Å². The van der Waals surface area contributed by atoms with Gasteiger partial charge in [0.25, 0.3) is 0 Å². The zero-order valence-electron chi connectivity index (χ0n) is 17.0. The van der Waals surface area contributed by atoms with Gasteiger partial charge >= 0.3 is 0 Å². The van der Waals surface area contributed by atoms with Crippen molar-refractivity contribution in [3.63, 3.8) is 0 Å². The second-order valence-electron chi connectivity index (χ2n) is 6.72. The van der Waals surface area contributed by atoms with E-state index in [0.717, 1.165) is 47.6 Å². The molecule has 158 valence electrons. The van der Waals surface area contributed by atoms with E-state index in [-0.39, 0.29) is 24.8 Å². The van der Waals surface area contributed by atoms with Crippen LogP contribution in [0, 0.1) is 6.92 Å². The number of nitrogens with one attached hydrogen (secondary N) is 1. The Morgan fingerprint density at radius 1 is 1.04 bits per heavy atom. The van der Waals surface area contributed by atoms with Crippen molar-refractivity contribution in [2.45, 2.75) is 26.5 Å². The van der Waals surface area contributed by atoms with Crippen LogP contribution >= 0.6 is 40.7 Å². The fraction of sp³-hybridized carbons (Fsp3) is 0.429. The lowest BCUT2D eigenvalue weighted by Gasteiger charge is -2.15. The van der Waals surface area contributed by atoms with Gasteiger partial charge in [-0.3, -0.25) is 0 Å². The van der Waals surface area contributed by atoms with Gasteiger partial charge in [-0.05, 0) is 79.7 Å². The minimum absolute atomic E-state index is 0. The van der Waals surface area contributed by atoms with Crippen molar-refractivity contribution in [1.82, 2.24) is 10.2 Å². The minimum Gasteiger partial charge on any atom is -0.493 e. The van der Waals surface area contributed by atoms with E-state index in [1.165, 1.54) is 11.1 Å². The SMILES string of the molecule is COc1cc(CNCCCN(C)C)cc(Br)c1OCc1ccc(C)cc1.Cl.Cl. The molecule has 7 heteroatoms. The van der Waals surface area contributed by atoms with Crippen LogP contribution in [-0.4, -0.2) is 39.2 Å². The normalized spacial score (nSPS) is 10.2. The lowest BCUT2D eigenvalue weighted by atomic mass is 10.1. The van der Waals surface area contributed by atoms with Crippen molar-refractivity contribution in [3.05, 3.63) is 57.6 Å². The highest BCUT2D eigenvalue weighted by Gasteiger charge is 2.12. The van der Waals surface area contributed by atoms with Gasteiger partial charge in [-0.25, -0.2) is 0 Å². The predicted molar refractivity (Wildman–Crippen MR) is 126 cm³/mol. The Kier molecular flexibility index (Phi) is 13.6. The molecule has 0 aromatic heterocycles. The molecule has 0 aliphatic rings. The third-order valence-corrected chi connectivity index (χ3v) is 4.67. The van der Waals surface area contributed by atoms with Crippen molar-refractivity contribution >= 4 is 40.7 Å². The van der Waals surface area contributed by atoms with Crippen LogP contribution in [0.4, 0.5) is 0 Å². The van der Waals surface area contributed by atoms with E-state index in [2.05, 4.69) is 77.5 Å². The number of methoxy groups -OCH3 is 1. The number of rotatable bonds is 10. The van der Waals surface area contributed by atoms with Gasteiger partial charge in [0, 0.05) is 6.54 Å². The number of halogens is 3. The van der Waals surface area contributed by atoms with E-state index in [1.54, 1.807) is 7.11 Å². The molecule has 2 rings (SSSR count). The van der Waals surface area contributed by atoms with Crippen LogP contribution < -0.4 is 14.8 Å². The molecule has 0 saturated carbocycles. The third kappa shape index (κ3) is 9.01. The maximum Gasteiger partial charge on any atom is 0.175 e. The molecule has 0 aliphatic heterocycles. The van der Waals surface area contributed by atoms with Crippen LogP contribution in [0.15, 0.2) is 40.9 Å². The molecule has 0 bridgehead atoms. The molecule has 2 aromatic rings. The van der Waals surface area contributed by atoms with E-state index < -0.39 is 0 Å². The van der Waals surface area contributed by atoms with Gasteiger partial charge in [-0.2, -0.15) is 0 Å². The highest BCUT2D eigenvalue weighted by atomic mass is 79.9. The molecule has 0 fully saturated rings. The van der Waals surface area contributed by atoms with Crippen LogP contribution in [0.2, 0.25) is 0 Å². The number of ether oxygens (including phenoxy) is 2. The van der Waals surface area contributed by atoms with Crippen LogP contribution in [0.5, 0.6) is 11.5 Å². The predicted octanol–water partition coefficient (Wildman–Crippen LogP) is 5.23. The monoisotopic (exact) mass is 492 g/mol. The molecule has 1 N–H and O–H groups in total. The fourth-order valence-corrected chi connectivity index (χ4v) is 3.21. The first-order chi connectivity index (χ1) is 12.5. The van der Waals surface area contributed by atoms with Gasteiger partial charge in [-0.15, -0.1) is 24.8 Å². The molecule has 0 radical (unpaired) electrons. The van der Waals surface area contributed by atoms with Crippen LogP contribution in [0.1, 0.15) is 23.1 Å². The van der Waals surface area contributed by atoms with E-state index in [0.29, 0.717) is 6.61 Å². The summed E-state index contributed by atoms with van der Waals surface area (Å²) in [6.45, 7) is 5.48. The summed E-state index contributed by atoms with van der Waals surface area (Å²) in [4.78, 5) is 2.20. The van der Waals surface area contributed by atoms with Crippen molar-refractivity contribution in [2.75, 3.05) is 34.3 Å². The second kappa shape index (κ2) is 14.1. The smallest absolute Gasteiger partial charge is 0.175 e. The standard InChI is InChI=1S/C21H29BrN2O2.2ClH/c1-16-6-8-17(9-7-16)15-26-21-19(22)12-18(13-20(21)25-4)14-23-10-5-11-24(2)3;;/h6-9,12-13,23H,5,10-11,14-15H2,1-4H3;2*1H. The quantitative estimate of drug-likeness (QED) is 0.459. The number of hydrogen-bond acceptors (Lipinski definition) is 4. The number of nitrogens with zero attached hydrogens (tertiary/aromatic N) is 1. The zero-order chi connectivity index (χ0) is 18.9. The summed E-state index contributed by atoms with van der Waals surface area (Å²) in [5, 5.41) is 3.47. The van der Waals surface area contributed by atoms with Crippen molar-refractivity contribution < 1.29 is 9.47 Å². The van der Waals surface area contributed by atoms with Crippen LogP contribution in [0.25, 0.3) is 0 Å². The Morgan fingerprint density at radius 3 is 2.32 bits per heavy atom. The molecule has 2 aromatic carbocycles. The third-order valence-electron chi connectivity index (χ3n) is 4.08. The average Bonchev–Trinajstić information content (AvgIpc) is 2.61. The molecule has 0 spiro atoms. The summed E-state index contributed by atoms with van der Waals surface area (Å²) >= 11 is 3.63. The Bertz CT molecular complexity index is 698. The molecule has 28 heavy (non-hydrogen) atoms.